The summed E-state index contributed by atoms with van der Waals surface area (Å²) in [5.74, 6) is 1.72. The van der Waals surface area contributed by atoms with Gasteiger partial charge in [-0.3, -0.25) is 15.2 Å². The predicted molar refractivity (Wildman–Crippen MR) is 85.9 cm³/mol. The zero-order chi connectivity index (χ0) is 14.9. The number of anilines is 1. The molecule has 4 rings (SSSR count). The molecule has 0 aliphatic carbocycles. The molecule has 22 heavy (non-hydrogen) atoms. The monoisotopic (exact) mass is 332 g/mol. The molecule has 0 saturated carbocycles. The summed E-state index contributed by atoms with van der Waals surface area (Å²) < 4.78 is 5.01. The van der Waals surface area contributed by atoms with Gasteiger partial charge in [0.25, 0.3) is 0 Å². The number of hydrogen-bond acceptors (Lipinski definition) is 6. The summed E-state index contributed by atoms with van der Waals surface area (Å²) in [5, 5.41) is 11.5. The highest BCUT2D eigenvalue weighted by Crippen LogP contribution is 2.39. The fourth-order valence-corrected chi connectivity index (χ4v) is 4.68. The Kier molecular flexibility index (Phi) is 3.47. The van der Waals surface area contributed by atoms with E-state index < -0.39 is 0 Å². The van der Waals surface area contributed by atoms with Crippen LogP contribution in [-0.4, -0.2) is 26.8 Å². The van der Waals surface area contributed by atoms with Gasteiger partial charge in [-0.25, -0.2) is 0 Å². The summed E-state index contributed by atoms with van der Waals surface area (Å²) in [6.45, 7) is 0. The molecule has 0 spiro atoms. The first kappa shape index (κ1) is 13.6. The van der Waals surface area contributed by atoms with Crippen LogP contribution in [0.1, 0.15) is 15.7 Å². The van der Waals surface area contributed by atoms with Crippen molar-refractivity contribution in [3.8, 4) is 11.4 Å². The van der Waals surface area contributed by atoms with Gasteiger partial charge in [0.05, 0.1) is 11.8 Å². The number of thiophene rings is 1. The highest BCUT2D eigenvalue weighted by Gasteiger charge is 2.28. The summed E-state index contributed by atoms with van der Waals surface area (Å²) in [6.07, 6.45) is 4.17. The van der Waals surface area contributed by atoms with Gasteiger partial charge in [0.1, 0.15) is 11.5 Å². The van der Waals surface area contributed by atoms with Gasteiger partial charge in [0, 0.05) is 4.88 Å². The van der Waals surface area contributed by atoms with Crippen LogP contribution >= 0.6 is 23.1 Å². The molecule has 112 valence electrons. The molecule has 0 radical (unpaired) electrons. The van der Waals surface area contributed by atoms with Crippen LogP contribution in [-0.2, 0) is 11.2 Å². The van der Waals surface area contributed by atoms with Crippen LogP contribution in [0.5, 0.6) is 0 Å². The van der Waals surface area contributed by atoms with Crippen molar-refractivity contribution in [2.45, 2.75) is 11.7 Å². The van der Waals surface area contributed by atoms with Crippen LogP contribution in [0.4, 0.5) is 5.95 Å². The summed E-state index contributed by atoms with van der Waals surface area (Å²) >= 11 is 3.37. The van der Waals surface area contributed by atoms with E-state index in [4.69, 9.17) is 4.42 Å². The molecule has 1 amide bonds. The van der Waals surface area contributed by atoms with E-state index in [9.17, 15) is 4.79 Å². The van der Waals surface area contributed by atoms with Gasteiger partial charge >= 0.3 is 0 Å². The van der Waals surface area contributed by atoms with Gasteiger partial charge in [-0.05, 0) is 35.2 Å². The van der Waals surface area contributed by atoms with Gasteiger partial charge < -0.3 is 4.42 Å². The molecule has 8 heteroatoms. The second-order valence-corrected chi connectivity index (χ2v) is 7.02. The molecule has 3 aromatic heterocycles. The molecule has 0 bridgehead atoms. The Labute approximate surface area is 134 Å². The van der Waals surface area contributed by atoms with Crippen molar-refractivity contribution in [3.05, 3.63) is 40.5 Å². The number of fused-ring (bicyclic) bond motifs is 1. The minimum Gasteiger partial charge on any atom is -0.472 e. The number of H-pyrrole nitrogens is 1. The summed E-state index contributed by atoms with van der Waals surface area (Å²) in [4.78, 5) is 18.0. The van der Waals surface area contributed by atoms with Crippen molar-refractivity contribution in [1.82, 2.24) is 15.2 Å². The molecule has 0 fully saturated rings. The van der Waals surface area contributed by atoms with Gasteiger partial charge in [0.2, 0.25) is 11.9 Å². The molecule has 0 saturated heterocycles. The van der Waals surface area contributed by atoms with E-state index in [1.54, 1.807) is 41.7 Å². The molecule has 3 aromatic rings. The molecule has 6 nitrogen and oxygen atoms in total. The molecular weight excluding hydrogens is 320 g/mol. The lowest BCUT2D eigenvalue weighted by Gasteiger charge is -2.20. The Bertz CT molecular complexity index is 793. The lowest BCUT2D eigenvalue weighted by atomic mass is 10.1. The minimum absolute atomic E-state index is 0.0814. The highest BCUT2D eigenvalue weighted by atomic mass is 32.2. The van der Waals surface area contributed by atoms with Crippen molar-refractivity contribution < 1.29 is 9.21 Å². The van der Waals surface area contributed by atoms with Crippen LogP contribution in [0, 0.1) is 0 Å². The third-order valence-corrected chi connectivity index (χ3v) is 5.67. The molecule has 1 aliphatic rings. The standard InChI is InChI=1S/C14H12N4O2S2/c19-13(11-9-2-5-21-10(9)3-6-22-11)16-14-15-12(17-18-14)8-1-4-20-7-8/h1-2,4-5,7,11H,3,6H2,(H2,15,16,17,18,19)/t11-/m0/s1. The number of carbonyl (C=O) groups is 1. The summed E-state index contributed by atoms with van der Waals surface area (Å²) in [5.41, 5.74) is 1.91. The smallest absolute Gasteiger partial charge is 0.249 e. The zero-order valence-electron chi connectivity index (χ0n) is 11.4. The Balaban J connectivity index is 1.52. The van der Waals surface area contributed by atoms with E-state index in [2.05, 4.69) is 20.5 Å². The number of aromatic amines is 1. The van der Waals surface area contributed by atoms with E-state index in [0.717, 1.165) is 23.3 Å². The van der Waals surface area contributed by atoms with Crippen LogP contribution < -0.4 is 5.32 Å². The Morgan fingerprint density at radius 1 is 1.45 bits per heavy atom. The van der Waals surface area contributed by atoms with E-state index in [1.165, 1.54) is 4.88 Å². The quantitative estimate of drug-likeness (QED) is 0.770. The maximum atomic E-state index is 12.5. The highest BCUT2D eigenvalue weighted by molar-refractivity contribution is 8.00. The van der Waals surface area contributed by atoms with Crippen molar-refractivity contribution in [2.24, 2.45) is 0 Å². The fraction of sp³-hybridized carbons (Fsp3) is 0.214. The summed E-state index contributed by atoms with van der Waals surface area (Å²) in [7, 11) is 0. The lowest BCUT2D eigenvalue weighted by Crippen LogP contribution is -2.22. The number of carbonyl (C=O) groups excluding carboxylic acids is 1. The first-order valence-electron chi connectivity index (χ1n) is 6.75. The van der Waals surface area contributed by atoms with Gasteiger partial charge in [-0.2, -0.15) is 4.98 Å². The molecule has 1 aliphatic heterocycles. The molecule has 0 aromatic carbocycles. The Morgan fingerprint density at radius 2 is 2.41 bits per heavy atom. The number of amides is 1. The largest absolute Gasteiger partial charge is 0.472 e. The van der Waals surface area contributed by atoms with E-state index in [-0.39, 0.29) is 17.1 Å². The normalized spacial score (nSPS) is 17.2. The maximum Gasteiger partial charge on any atom is 0.249 e. The van der Waals surface area contributed by atoms with Crippen LogP contribution in [0.2, 0.25) is 0 Å². The Hall–Kier alpha value is -2.06. The number of hydrogen-bond donors (Lipinski definition) is 2. The number of aromatic nitrogens is 3. The average molecular weight is 332 g/mol. The first-order chi connectivity index (χ1) is 10.8. The second kappa shape index (κ2) is 5.62. The van der Waals surface area contributed by atoms with E-state index in [1.807, 2.05) is 11.4 Å². The van der Waals surface area contributed by atoms with E-state index in [0.29, 0.717) is 5.82 Å². The summed E-state index contributed by atoms with van der Waals surface area (Å²) in [6, 6.07) is 3.81. The van der Waals surface area contributed by atoms with Gasteiger partial charge in [-0.15, -0.1) is 28.2 Å². The van der Waals surface area contributed by atoms with E-state index >= 15 is 0 Å². The van der Waals surface area contributed by atoms with Crippen LogP contribution in [0.25, 0.3) is 11.4 Å². The van der Waals surface area contributed by atoms with Crippen molar-refractivity contribution in [2.75, 3.05) is 11.1 Å². The lowest BCUT2D eigenvalue weighted by molar-refractivity contribution is -0.115. The number of nitrogens with one attached hydrogen (secondary N) is 2. The third kappa shape index (κ3) is 2.44. The SMILES string of the molecule is O=C(Nc1n[nH]c(-c2ccoc2)n1)[C@H]1SCCc2sccc21. The van der Waals surface area contributed by atoms with Crippen molar-refractivity contribution in [3.63, 3.8) is 0 Å². The predicted octanol–water partition coefficient (Wildman–Crippen LogP) is 3.10. The molecular formula is C14H12N4O2S2. The third-order valence-electron chi connectivity index (χ3n) is 3.43. The Morgan fingerprint density at radius 3 is 3.27 bits per heavy atom. The van der Waals surface area contributed by atoms with Gasteiger partial charge in [0.15, 0.2) is 5.82 Å². The fourth-order valence-electron chi connectivity index (χ4n) is 2.39. The first-order valence-corrected chi connectivity index (χ1v) is 8.68. The number of thioether (sulfide) groups is 1. The number of furan rings is 1. The molecule has 4 heterocycles. The van der Waals surface area contributed by atoms with Crippen LogP contribution in [0.15, 0.2) is 34.5 Å². The molecule has 2 N–H and O–H groups in total. The van der Waals surface area contributed by atoms with Crippen LogP contribution in [0.3, 0.4) is 0 Å². The number of rotatable bonds is 3. The topological polar surface area (TPSA) is 83.8 Å². The maximum absolute atomic E-state index is 12.5. The average Bonchev–Trinajstić information content (AvgIpc) is 3.27. The minimum atomic E-state index is -0.189. The number of aryl methyl sites for hydroxylation is 1. The molecule has 1 atom stereocenters. The second-order valence-electron chi connectivity index (χ2n) is 4.81. The van der Waals surface area contributed by atoms with Crippen molar-refractivity contribution >= 4 is 35.0 Å². The molecule has 0 unspecified atom stereocenters. The van der Waals surface area contributed by atoms with Gasteiger partial charge in [-0.1, -0.05) is 0 Å². The zero-order valence-corrected chi connectivity index (χ0v) is 13.0. The van der Waals surface area contributed by atoms with Crippen molar-refractivity contribution in [1.29, 1.82) is 0 Å². The number of nitrogens with zero attached hydrogens (tertiary/aromatic N) is 2.